The first kappa shape index (κ1) is 58.3. The van der Waals surface area contributed by atoms with Gasteiger partial charge in [-0.1, -0.05) is 227 Å². The number of ether oxygens (including phenoxy) is 2. The van der Waals surface area contributed by atoms with Crippen LogP contribution in [0.5, 0.6) is 0 Å². The normalized spacial score (nSPS) is 13.2. The molecule has 350 valence electrons. The predicted octanol–water partition coefficient (Wildman–Crippen LogP) is 17.7. The molecule has 1 unspecified atom stereocenters. The minimum Gasteiger partial charge on any atom is -0.457 e. The summed E-state index contributed by atoms with van der Waals surface area (Å²) in [5, 5.41) is 9.66. The third kappa shape index (κ3) is 51.6. The van der Waals surface area contributed by atoms with Crippen molar-refractivity contribution in [3.8, 4) is 0 Å². The van der Waals surface area contributed by atoms with Crippen LogP contribution in [-0.4, -0.2) is 37.0 Å². The number of aliphatic hydroxyl groups excluding tert-OH is 1. The van der Waals surface area contributed by atoms with Crippen molar-refractivity contribution in [2.75, 3.05) is 19.8 Å². The molecule has 0 rings (SSSR count). The molecule has 0 saturated heterocycles. The highest BCUT2D eigenvalue weighted by Gasteiger charge is 2.13. The largest absolute Gasteiger partial charge is 0.457 e. The molecule has 1 atom stereocenters. The molecule has 0 aromatic heterocycles. The highest BCUT2D eigenvalue weighted by Crippen LogP contribution is 2.14. The molecule has 61 heavy (non-hydrogen) atoms. The summed E-state index contributed by atoms with van der Waals surface area (Å²) >= 11 is 0. The van der Waals surface area contributed by atoms with Crippen LogP contribution in [0.4, 0.5) is 0 Å². The molecule has 0 aliphatic heterocycles. The van der Waals surface area contributed by atoms with E-state index in [0.29, 0.717) is 13.0 Å². The van der Waals surface area contributed by atoms with E-state index in [0.717, 1.165) is 77.0 Å². The van der Waals surface area contributed by atoms with Gasteiger partial charge in [0.2, 0.25) is 0 Å². The number of carbonyl (C=O) groups is 1. The second kappa shape index (κ2) is 53.4. The summed E-state index contributed by atoms with van der Waals surface area (Å²) in [5.41, 5.74) is 0. The number of rotatable bonds is 47. The van der Waals surface area contributed by atoms with Crippen LogP contribution in [0.25, 0.3) is 0 Å². The Kier molecular flexibility index (Phi) is 51.1. The SMILES string of the molecule is CC/C=C\C/C=C\C/C=C\C/C=C\C/C=C\C/C=C\CCCCCCCCC(=O)OC(CO)COCCCCCCCCCCCCCC/C=C\C/C=C\CCCCCCC. The molecule has 0 saturated carbocycles. The summed E-state index contributed by atoms with van der Waals surface area (Å²) < 4.78 is 11.2. The lowest BCUT2D eigenvalue weighted by Gasteiger charge is -2.16. The number of hydrogen-bond donors (Lipinski definition) is 1. The fraction of sp³-hybridized carbons (Fsp3) is 0.702. The van der Waals surface area contributed by atoms with Crippen molar-refractivity contribution < 1.29 is 19.4 Å². The molecule has 0 spiro atoms. The second-order valence-electron chi connectivity index (χ2n) is 16.9. The zero-order valence-electron chi connectivity index (χ0n) is 40.1. The Labute approximate surface area is 379 Å². The maximum Gasteiger partial charge on any atom is 0.306 e. The van der Waals surface area contributed by atoms with Gasteiger partial charge in [-0.15, -0.1) is 0 Å². The lowest BCUT2D eigenvalue weighted by Crippen LogP contribution is -2.27. The van der Waals surface area contributed by atoms with Crippen molar-refractivity contribution in [2.45, 2.75) is 238 Å². The molecular weight excluding hydrogens is 749 g/mol. The van der Waals surface area contributed by atoms with Gasteiger partial charge < -0.3 is 14.6 Å². The third-order valence-corrected chi connectivity index (χ3v) is 10.9. The topological polar surface area (TPSA) is 55.8 Å². The van der Waals surface area contributed by atoms with Gasteiger partial charge in [-0.05, 0) is 96.3 Å². The monoisotopic (exact) mass is 847 g/mol. The van der Waals surface area contributed by atoms with Crippen LogP contribution < -0.4 is 0 Å². The molecule has 0 amide bonds. The molecule has 0 aliphatic rings. The Morgan fingerprint density at radius 1 is 0.410 bits per heavy atom. The van der Waals surface area contributed by atoms with Gasteiger partial charge >= 0.3 is 5.97 Å². The minimum absolute atomic E-state index is 0.183. The Hall–Kier alpha value is -2.69. The Morgan fingerprint density at radius 2 is 0.738 bits per heavy atom. The maximum atomic E-state index is 12.3. The molecule has 0 heterocycles. The second-order valence-corrected chi connectivity index (χ2v) is 16.9. The lowest BCUT2D eigenvalue weighted by atomic mass is 10.0. The number of hydrogen-bond acceptors (Lipinski definition) is 4. The average molecular weight is 847 g/mol. The van der Waals surface area contributed by atoms with E-state index in [1.54, 1.807) is 0 Å². The van der Waals surface area contributed by atoms with Crippen molar-refractivity contribution >= 4 is 5.97 Å². The summed E-state index contributed by atoms with van der Waals surface area (Å²) in [5.74, 6) is -0.217. The van der Waals surface area contributed by atoms with Crippen LogP contribution in [0, 0.1) is 0 Å². The van der Waals surface area contributed by atoms with Gasteiger partial charge in [-0.25, -0.2) is 0 Å². The van der Waals surface area contributed by atoms with Crippen LogP contribution in [0.2, 0.25) is 0 Å². The van der Waals surface area contributed by atoms with Crippen LogP contribution in [0.1, 0.15) is 232 Å². The van der Waals surface area contributed by atoms with Gasteiger partial charge in [0.15, 0.2) is 0 Å². The smallest absolute Gasteiger partial charge is 0.306 e. The average Bonchev–Trinajstić information content (AvgIpc) is 3.27. The quantitative estimate of drug-likeness (QED) is 0.0377. The Bertz CT molecular complexity index is 1120. The van der Waals surface area contributed by atoms with Crippen LogP contribution in [-0.2, 0) is 14.3 Å². The van der Waals surface area contributed by atoms with Crippen molar-refractivity contribution in [3.63, 3.8) is 0 Å². The summed E-state index contributed by atoms with van der Waals surface area (Å²) in [4.78, 5) is 12.3. The van der Waals surface area contributed by atoms with Gasteiger partial charge in [0.1, 0.15) is 6.10 Å². The highest BCUT2D eigenvalue weighted by atomic mass is 16.6. The maximum absolute atomic E-state index is 12.3. The molecule has 1 N–H and O–H groups in total. The van der Waals surface area contributed by atoms with Crippen LogP contribution in [0.3, 0.4) is 0 Å². The van der Waals surface area contributed by atoms with E-state index in [1.807, 2.05) is 0 Å². The van der Waals surface area contributed by atoms with Gasteiger partial charge in [0.25, 0.3) is 0 Å². The molecule has 4 heteroatoms. The minimum atomic E-state index is -0.551. The molecule has 0 aliphatic carbocycles. The van der Waals surface area contributed by atoms with Crippen LogP contribution >= 0.6 is 0 Å². The van der Waals surface area contributed by atoms with E-state index in [-0.39, 0.29) is 19.2 Å². The Balaban J connectivity index is 3.49. The standard InChI is InChI=1S/C57H98O4/c1-3-5-7-9-11-13-15-17-19-21-23-25-27-29-30-32-34-36-38-40-42-44-46-48-50-52-57(59)61-56(54-58)55-60-53-51-49-47-45-43-41-39-37-35-33-31-28-26-24-22-20-18-16-14-12-10-8-6-4-2/h5,7,11,13,16-19,22-25,29-30,34,36,56,58H,3-4,6,8-10,12,14-15,20-21,26-28,31-33,35,37-55H2,1-2H3/b7-5-,13-11-,18-16-,19-17-,24-22-,25-23-,30-29-,36-34-. The number of allylic oxidation sites excluding steroid dienone is 16. The van der Waals surface area contributed by atoms with E-state index >= 15 is 0 Å². The fourth-order valence-corrected chi connectivity index (χ4v) is 7.07. The zero-order chi connectivity index (χ0) is 44.0. The number of esters is 1. The molecular formula is C57H98O4. The van der Waals surface area contributed by atoms with E-state index in [9.17, 15) is 9.90 Å². The molecule has 0 fully saturated rings. The highest BCUT2D eigenvalue weighted by molar-refractivity contribution is 5.69. The van der Waals surface area contributed by atoms with E-state index in [2.05, 4.69) is 111 Å². The Morgan fingerprint density at radius 3 is 1.11 bits per heavy atom. The molecule has 4 nitrogen and oxygen atoms in total. The first-order chi connectivity index (χ1) is 30.2. The molecule has 0 aromatic carbocycles. The van der Waals surface area contributed by atoms with Gasteiger partial charge in [-0.3, -0.25) is 4.79 Å². The first-order valence-corrected chi connectivity index (χ1v) is 25.8. The summed E-state index contributed by atoms with van der Waals surface area (Å²) in [7, 11) is 0. The van der Waals surface area contributed by atoms with Crippen LogP contribution in [0.15, 0.2) is 97.2 Å². The summed E-state index contributed by atoms with van der Waals surface area (Å²) in [6.07, 6.45) is 76.4. The van der Waals surface area contributed by atoms with Gasteiger partial charge in [0.05, 0.1) is 13.2 Å². The predicted molar refractivity (Wildman–Crippen MR) is 269 cm³/mol. The number of carbonyl (C=O) groups excluding carboxylic acids is 1. The first-order valence-electron chi connectivity index (χ1n) is 25.8. The number of unbranched alkanes of at least 4 members (excludes halogenated alkanes) is 23. The third-order valence-electron chi connectivity index (χ3n) is 10.9. The van der Waals surface area contributed by atoms with Crippen molar-refractivity contribution in [2.24, 2.45) is 0 Å². The van der Waals surface area contributed by atoms with Gasteiger partial charge in [0, 0.05) is 13.0 Å². The number of aliphatic hydroxyl groups is 1. The fourth-order valence-electron chi connectivity index (χ4n) is 7.07. The summed E-state index contributed by atoms with van der Waals surface area (Å²) in [6.45, 7) is 5.21. The molecule has 0 aromatic rings. The van der Waals surface area contributed by atoms with Crippen molar-refractivity contribution in [3.05, 3.63) is 97.2 Å². The molecule has 0 bridgehead atoms. The van der Waals surface area contributed by atoms with E-state index in [4.69, 9.17) is 9.47 Å². The van der Waals surface area contributed by atoms with Gasteiger partial charge in [-0.2, -0.15) is 0 Å². The van der Waals surface area contributed by atoms with E-state index in [1.165, 1.54) is 135 Å². The summed E-state index contributed by atoms with van der Waals surface area (Å²) in [6, 6.07) is 0. The lowest BCUT2D eigenvalue weighted by molar-refractivity contribution is -0.154. The van der Waals surface area contributed by atoms with Crippen molar-refractivity contribution in [1.82, 2.24) is 0 Å². The van der Waals surface area contributed by atoms with E-state index < -0.39 is 6.10 Å². The van der Waals surface area contributed by atoms with Crippen molar-refractivity contribution in [1.29, 1.82) is 0 Å². The molecule has 0 radical (unpaired) electrons. The zero-order valence-corrected chi connectivity index (χ0v) is 40.1.